The molecule has 1 unspecified atom stereocenters. The molecule has 1 heterocycles. The average Bonchev–Trinajstić information content (AvgIpc) is 3.10. The van der Waals surface area contributed by atoms with Gasteiger partial charge in [-0.25, -0.2) is 0 Å². The SMILES string of the molecule is COc1ccc(C2(CNC(=O)C3CCCCN3C)CCCC2)cc1. The van der Waals surface area contributed by atoms with E-state index in [0.29, 0.717) is 0 Å². The molecule has 1 aromatic rings. The number of piperidine rings is 1. The van der Waals surface area contributed by atoms with Gasteiger partial charge in [-0.3, -0.25) is 9.69 Å². The van der Waals surface area contributed by atoms with Crippen LogP contribution in [0.2, 0.25) is 0 Å². The van der Waals surface area contributed by atoms with Crippen LogP contribution in [0.15, 0.2) is 24.3 Å². The molecule has 0 aromatic heterocycles. The summed E-state index contributed by atoms with van der Waals surface area (Å²) in [7, 11) is 3.76. The Morgan fingerprint density at radius 3 is 2.54 bits per heavy atom. The van der Waals surface area contributed by atoms with Crippen LogP contribution in [0.4, 0.5) is 0 Å². The van der Waals surface area contributed by atoms with Crippen molar-refractivity contribution in [3.05, 3.63) is 29.8 Å². The van der Waals surface area contributed by atoms with Gasteiger partial charge in [-0.15, -0.1) is 0 Å². The number of rotatable bonds is 5. The van der Waals surface area contributed by atoms with E-state index in [9.17, 15) is 4.79 Å². The van der Waals surface area contributed by atoms with Gasteiger partial charge in [0.05, 0.1) is 13.2 Å². The quantitative estimate of drug-likeness (QED) is 0.902. The molecule has 0 bridgehead atoms. The highest BCUT2D eigenvalue weighted by molar-refractivity contribution is 5.81. The number of ether oxygens (including phenoxy) is 1. The van der Waals surface area contributed by atoms with Gasteiger partial charge in [-0.2, -0.15) is 0 Å². The van der Waals surface area contributed by atoms with Gasteiger partial charge in [-0.05, 0) is 57.0 Å². The van der Waals surface area contributed by atoms with E-state index < -0.39 is 0 Å². The van der Waals surface area contributed by atoms with E-state index in [2.05, 4.69) is 29.4 Å². The number of amides is 1. The van der Waals surface area contributed by atoms with Crippen molar-refractivity contribution in [2.45, 2.75) is 56.4 Å². The van der Waals surface area contributed by atoms with Crippen molar-refractivity contribution in [1.82, 2.24) is 10.2 Å². The molecular formula is C20H30N2O2. The normalized spacial score (nSPS) is 23.8. The van der Waals surface area contributed by atoms with Gasteiger partial charge in [0.1, 0.15) is 5.75 Å². The fraction of sp³-hybridized carbons (Fsp3) is 0.650. The van der Waals surface area contributed by atoms with Crippen molar-refractivity contribution >= 4 is 5.91 Å². The highest BCUT2D eigenvalue weighted by atomic mass is 16.5. The molecule has 1 N–H and O–H groups in total. The molecular weight excluding hydrogens is 300 g/mol. The van der Waals surface area contributed by atoms with Crippen LogP contribution in [-0.2, 0) is 10.2 Å². The van der Waals surface area contributed by atoms with Gasteiger partial charge in [0, 0.05) is 12.0 Å². The molecule has 1 atom stereocenters. The van der Waals surface area contributed by atoms with Gasteiger partial charge in [0.25, 0.3) is 0 Å². The first kappa shape index (κ1) is 17.3. The number of likely N-dealkylation sites (N-methyl/N-ethyl adjacent to an activating group) is 1. The first-order valence-electron chi connectivity index (χ1n) is 9.27. The number of nitrogens with zero attached hydrogens (tertiary/aromatic N) is 1. The zero-order valence-corrected chi connectivity index (χ0v) is 15.0. The van der Waals surface area contributed by atoms with E-state index >= 15 is 0 Å². The molecule has 24 heavy (non-hydrogen) atoms. The molecule has 2 fully saturated rings. The van der Waals surface area contributed by atoms with Gasteiger partial charge in [0.2, 0.25) is 5.91 Å². The summed E-state index contributed by atoms with van der Waals surface area (Å²) in [5, 5.41) is 3.28. The summed E-state index contributed by atoms with van der Waals surface area (Å²) in [5.41, 5.74) is 1.42. The summed E-state index contributed by atoms with van der Waals surface area (Å²) < 4.78 is 5.28. The van der Waals surface area contributed by atoms with Crippen LogP contribution in [0.25, 0.3) is 0 Å². The number of methoxy groups -OCH3 is 1. The van der Waals surface area contributed by atoms with Gasteiger partial charge in [0.15, 0.2) is 0 Å². The molecule has 2 aliphatic rings. The number of benzene rings is 1. The molecule has 1 saturated heterocycles. The number of hydrogen-bond donors (Lipinski definition) is 1. The van der Waals surface area contributed by atoms with Gasteiger partial charge < -0.3 is 10.1 Å². The molecule has 0 spiro atoms. The lowest BCUT2D eigenvalue weighted by Gasteiger charge is -2.34. The van der Waals surface area contributed by atoms with Crippen LogP contribution < -0.4 is 10.1 Å². The average molecular weight is 330 g/mol. The van der Waals surface area contributed by atoms with Crippen LogP contribution in [0.3, 0.4) is 0 Å². The van der Waals surface area contributed by atoms with Crippen molar-refractivity contribution in [2.24, 2.45) is 0 Å². The molecule has 132 valence electrons. The van der Waals surface area contributed by atoms with Crippen molar-refractivity contribution in [3.63, 3.8) is 0 Å². The summed E-state index contributed by atoms with van der Waals surface area (Å²) in [6.45, 7) is 1.78. The highest BCUT2D eigenvalue weighted by Gasteiger charge is 2.37. The molecule has 4 heteroatoms. The predicted molar refractivity (Wildman–Crippen MR) is 96.4 cm³/mol. The molecule has 4 nitrogen and oxygen atoms in total. The Balaban J connectivity index is 1.68. The summed E-state index contributed by atoms with van der Waals surface area (Å²) in [4.78, 5) is 14.9. The molecule has 1 aromatic carbocycles. The van der Waals surface area contributed by atoms with E-state index in [1.54, 1.807) is 7.11 Å². The Hall–Kier alpha value is -1.55. The zero-order valence-electron chi connectivity index (χ0n) is 15.0. The van der Waals surface area contributed by atoms with Gasteiger partial charge in [-0.1, -0.05) is 31.4 Å². The molecule has 3 rings (SSSR count). The fourth-order valence-corrected chi connectivity index (χ4v) is 4.34. The third kappa shape index (κ3) is 3.59. The number of hydrogen-bond acceptors (Lipinski definition) is 3. The van der Waals surface area contributed by atoms with Crippen LogP contribution in [0.5, 0.6) is 5.75 Å². The third-order valence-electron chi connectivity index (χ3n) is 5.94. The Morgan fingerprint density at radius 1 is 1.21 bits per heavy atom. The Kier molecular flexibility index (Phi) is 5.44. The topological polar surface area (TPSA) is 41.6 Å². The lowest BCUT2D eigenvalue weighted by atomic mass is 9.78. The van der Waals surface area contributed by atoms with Crippen molar-refractivity contribution < 1.29 is 9.53 Å². The van der Waals surface area contributed by atoms with Crippen LogP contribution in [0.1, 0.15) is 50.5 Å². The third-order valence-corrected chi connectivity index (χ3v) is 5.94. The van der Waals surface area contributed by atoms with Gasteiger partial charge >= 0.3 is 0 Å². The van der Waals surface area contributed by atoms with Crippen molar-refractivity contribution in [1.29, 1.82) is 0 Å². The second-order valence-electron chi connectivity index (χ2n) is 7.43. The minimum Gasteiger partial charge on any atom is -0.497 e. The first-order chi connectivity index (χ1) is 11.6. The molecule has 0 radical (unpaired) electrons. The highest BCUT2D eigenvalue weighted by Crippen LogP contribution is 2.41. The number of carbonyl (C=O) groups is 1. The zero-order chi connectivity index (χ0) is 17.0. The van der Waals surface area contributed by atoms with E-state index in [1.807, 2.05) is 12.1 Å². The molecule has 1 aliphatic heterocycles. The molecule has 1 aliphatic carbocycles. The standard InChI is InChI=1S/C20H30N2O2/c1-22-14-6-3-7-18(22)19(23)21-15-20(12-4-5-13-20)16-8-10-17(24-2)11-9-16/h8-11,18H,3-7,12-15H2,1-2H3,(H,21,23). The Bertz CT molecular complexity index is 549. The lowest BCUT2D eigenvalue weighted by Crippen LogP contribution is -2.50. The summed E-state index contributed by atoms with van der Waals surface area (Å²) in [6.07, 6.45) is 8.14. The monoisotopic (exact) mass is 330 g/mol. The summed E-state index contributed by atoms with van der Waals surface area (Å²) in [6, 6.07) is 8.46. The number of likely N-dealkylation sites (tertiary alicyclic amines) is 1. The fourth-order valence-electron chi connectivity index (χ4n) is 4.34. The maximum atomic E-state index is 12.7. The minimum absolute atomic E-state index is 0.0491. The largest absolute Gasteiger partial charge is 0.497 e. The van der Waals surface area contributed by atoms with E-state index in [0.717, 1.165) is 44.5 Å². The second-order valence-corrected chi connectivity index (χ2v) is 7.43. The van der Waals surface area contributed by atoms with E-state index in [4.69, 9.17) is 4.74 Å². The van der Waals surface area contributed by atoms with E-state index in [-0.39, 0.29) is 17.4 Å². The molecule has 1 saturated carbocycles. The van der Waals surface area contributed by atoms with Crippen molar-refractivity contribution in [2.75, 3.05) is 27.2 Å². The second kappa shape index (κ2) is 7.56. The van der Waals surface area contributed by atoms with Crippen LogP contribution in [0, 0.1) is 0 Å². The Labute approximate surface area is 145 Å². The summed E-state index contributed by atoms with van der Waals surface area (Å²) in [5.74, 6) is 1.09. The Morgan fingerprint density at radius 2 is 1.92 bits per heavy atom. The van der Waals surface area contributed by atoms with E-state index in [1.165, 1.54) is 24.8 Å². The van der Waals surface area contributed by atoms with Crippen LogP contribution in [-0.4, -0.2) is 44.1 Å². The number of nitrogens with one attached hydrogen (secondary N) is 1. The maximum Gasteiger partial charge on any atom is 0.237 e. The van der Waals surface area contributed by atoms with Crippen molar-refractivity contribution in [3.8, 4) is 5.75 Å². The lowest BCUT2D eigenvalue weighted by molar-refractivity contribution is -0.127. The maximum absolute atomic E-state index is 12.7. The van der Waals surface area contributed by atoms with Crippen LogP contribution >= 0.6 is 0 Å². The smallest absolute Gasteiger partial charge is 0.237 e. The molecule has 1 amide bonds. The predicted octanol–water partition coefficient (Wildman–Crippen LogP) is 3.11. The first-order valence-corrected chi connectivity index (χ1v) is 9.27. The summed E-state index contributed by atoms with van der Waals surface area (Å²) >= 11 is 0. The minimum atomic E-state index is 0.0491. The number of carbonyl (C=O) groups excluding carboxylic acids is 1.